The van der Waals surface area contributed by atoms with Gasteiger partial charge >= 0.3 is 0 Å². The zero-order valence-electron chi connectivity index (χ0n) is 13.0. The van der Waals surface area contributed by atoms with Crippen molar-refractivity contribution in [2.75, 3.05) is 20.2 Å². The van der Waals surface area contributed by atoms with Crippen LogP contribution in [-0.2, 0) is 11.3 Å². The summed E-state index contributed by atoms with van der Waals surface area (Å²) in [5, 5.41) is 2.61. The molecule has 4 N–H and O–H groups in total. The molecule has 24 heavy (non-hydrogen) atoms. The van der Waals surface area contributed by atoms with Crippen molar-refractivity contribution < 1.29 is 13.9 Å². The number of halogens is 1. The van der Waals surface area contributed by atoms with Gasteiger partial charge in [0.05, 0.1) is 12.8 Å². The number of aromatic amines is 1. The molecule has 1 aromatic heterocycles. The van der Waals surface area contributed by atoms with Gasteiger partial charge in [0, 0.05) is 24.7 Å². The maximum Gasteiger partial charge on any atom is 0.252 e. The maximum absolute atomic E-state index is 13.7. The van der Waals surface area contributed by atoms with Gasteiger partial charge in [-0.25, -0.2) is 4.39 Å². The first kappa shape index (κ1) is 17.8. The highest BCUT2D eigenvalue weighted by Crippen LogP contribution is 2.29. The predicted octanol–water partition coefficient (Wildman–Crippen LogP) is 0.795. The average Bonchev–Trinajstić information content (AvgIpc) is 2.55. The highest BCUT2D eigenvalue weighted by Gasteiger charge is 2.15. The molecule has 0 saturated carbocycles. The molecule has 0 spiro atoms. The van der Waals surface area contributed by atoms with E-state index in [0.717, 1.165) is 0 Å². The van der Waals surface area contributed by atoms with E-state index in [1.165, 1.54) is 35.9 Å². The number of ether oxygens (including phenoxy) is 1. The van der Waals surface area contributed by atoms with Gasteiger partial charge in [0.25, 0.3) is 5.56 Å². The fourth-order valence-corrected chi connectivity index (χ4v) is 2.46. The van der Waals surface area contributed by atoms with Gasteiger partial charge in [-0.2, -0.15) is 0 Å². The maximum atomic E-state index is 13.7. The number of hydrogen-bond acceptors (Lipinski definition) is 5. The van der Waals surface area contributed by atoms with E-state index in [-0.39, 0.29) is 22.9 Å². The van der Waals surface area contributed by atoms with E-state index in [9.17, 15) is 14.0 Å². The fraction of sp³-hybridized carbons (Fsp3) is 0.267. The van der Waals surface area contributed by atoms with E-state index in [4.69, 9.17) is 22.7 Å². The van der Waals surface area contributed by atoms with Gasteiger partial charge in [-0.15, -0.1) is 0 Å². The SMILES string of the molecule is COc1ccc(F)cc1-c1cc(=O)[nH]c(=S)n1CC(=O)NCCN. The molecule has 7 nitrogen and oxygen atoms in total. The number of benzene rings is 1. The highest BCUT2D eigenvalue weighted by atomic mass is 32.1. The summed E-state index contributed by atoms with van der Waals surface area (Å²) >= 11 is 5.14. The Bertz CT molecular complexity index is 863. The minimum atomic E-state index is -0.504. The molecule has 2 aromatic rings. The van der Waals surface area contributed by atoms with Crippen molar-refractivity contribution in [3.63, 3.8) is 0 Å². The summed E-state index contributed by atoms with van der Waals surface area (Å²) in [6.45, 7) is 0.464. The molecule has 1 amide bonds. The van der Waals surface area contributed by atoms with Crippen LogP contribution in [-0.4, -0.2) is 35.7 Å². The Labute approximate surface area is 142 Å². The molecule has 0 aliphatic rings. The van der Waals surface area contributed by atoms with Gasteiger partial charge in [-0.3, -0.25) is 14.6 Å². The molecule has 2 rings (SSSR count). The van der Waals surface area contributed by atoms with E-state index >= 15 is 0 Å². The van der Waals surface area contributed by atoms with Crippen LogP contribution in [0.15, 0.2) is 29.1 Å². The second kappa shape index (κ2) is 7.84. The molecule has 0 radical (unpaired) electrons. The van der Waals surface area contributed by atoms with Gasteiger partial charge in [-0.05, 0) is 30.4 Å². The third kappa shape index (κ3) is 4.06. The molecule has 0 bridgehead atoms. The number of nitrogens with zero attached hydrogens (tertiary/aromatic N) is 1. The Kier molecular flexibility index (Phi) is 5.83. The quantitative estimate of drug-likeness (QED) is 0.667. The van der Waals surface area contributed by atoms with Crippen LogP contribution in [0.2, 0.25) is 0 Å². The van der Waals surface area contributed by atoms with Crippen molar-refractivity contribution >= 4 is 18.1 Å². The first-order valence-electron chi connectivity index (χ1n) is 7.11. The Balaban J connectivity index is 2.58. The lowest BCUT2D eigenvalue weighted by Gasteiger charge is -2.15. The Morgan fingerprint density at radius 3 is 2.88 bits per heavy atom. The Morgan fingerprint density at radius 1 is 1.46 bits per heavy atom. The number of hydrogen-bond donors (Lipinski definition) is 3. The zero-order valence-corrected chi connectivity index (χ0v) is 13.8. The number of H-pyrrole nitrogens is 1. The summed E-state index contributed by atoms with van der Waals surface area (Å²) < 4.78 is 20.3. The standard InChI is InChI=1S/C15H17FN4O3S/c1-23-12-3-2-9(16)6-10(12)11-7-13(21)19-15(24)20(11)8-14(22)18-5-4-17/h2-3,6-7H,4-5,8,17H2,1H3,(H,18,22)(H,19,21,24). The van der Waals surface area contributed by atoms with Gasteiger partial charge < -0.3 is 20.4 Å². The lowest BCUT2D eigenvalue weighted by atomic mass is 10.1. The summed E-state index contributed by atoms with van der Waals surface area (Å²) in [6, 6.07) is 5.14. The molecule has 0 aliphatic carbocycles. The lowest BCUT2D eigenvalue weighted by Crippen LogP contribution is -2.33. The third-order valence-corrected chi connectivity index (χ3v) is 3.56. The van der Waals surface area contributed by atoms with Crippen molar-refractivity contribution in [3.8, 4) is 17.0 Å². The number of aromatic nitrogens is 2. The van der Waals surface area contributed by atoms with Gasteiger partial charge in [0.2, 0.25) is 5.91 Å². The average molecular weight is 352 g/mol. The molecule has 0 saturated heterocycles. The van der Waals surface area contributed by atoms with E-state index in [2.05, 4.69) is 10.3 Å². The Morgan fingerprint density at radius 2 is 2.21 bits per heavy atom. The third-order valence-electron chi connectivity index (χ3n) is 3.24. The first-order valence-corrected chi connectivity index (χ1v) is 7.52. The molecule has 9 heteroatoms. The van der Waals surface area contributed by atoms with E-state index in [1.807, 2.05) is 0 Å². The summed E-state index contributed by atoms with van der Waals surface area (Å²) in [6.07, 6.45) is 0. The van der Waals surface area contributed by atoms with E-state index < -0.39 is 11.4 Å². The number of nitrogens with one attached hydrogen (secondary N) is 2. The predicted molar refractivity (Wildman–Crippen MR) is 89.9 cm³/mol. The molecule has 128 valence electrons. The van der Waals surface area contributed by atoms with Crippen LogP contribution in [0.3, 0.4) is 0 Å². The van der Waals surface area contributed by atoms with E-state index in [1.54, 1.807) is 0 Å². The molecule has 0 unspecified atom stereocenters. The van der Waals surface area contributed by atoms with Crippen LogP contribution >= 0.6 is 12.2 Å². The van der Waals surface area contributed by atoms with Crippen molar-refractivity contribution in [1.82, 2.24) is 14.9 Å². The van der Waals surface area contributed by atoms with Crippen LogP contribution < -0.4 is 21.3 Å². The monoisotopic (exact) mass is 352 g/mol. The van der Waals surface area contributed by atoms with Crippen LogP contribution in [0.1, 0.15) is 0 Å². The van der Waals surface area contributed by atoms with Gasteiger partial charge in [0.1, 0.15) is 18.1 Å². The molecule has 1 aromatic carbocycles. The minimum absolute atomic E-state index is 0.0479. The fourth-order valence-electron chi connectivity index (χ4n) is 2.19. The normalized spacial score (nSPS) is 10.5. The summed E-state index contributed by atoms with van der Waals surface area (Å²) in [4.78, 5) is 26.2. The smallest absolute Gasteiger partial charge is 0.252 e. The zero-order chi connectivity index (χ0) is 17.7. The Hall–Kier alpha value is -2.52. The van der Waals surface area contributed by atoms with Crippen LogP contribution in [0.4, 0.5) is 4.39 Å². The van der Waals surface area contributed by atoms with Crippen LogP contribution in [0.25, 0.3) is 11.3 Å². The number of methoxy groups -OCH3 is 1. The topological polar surface area (TPSA) is 102 Å². The lowest BCUT2D eigenvalue weighted by molar-refractivity contribution is -0.121. The van der Waals surface area contributed by atoms with E-state index in [0.29, 0.717) is 24.4 Å². The van der Waals surface area contributed by atoms with Gasteiger partial charge in [-0.1, -0.05) is 0 Å². The first-order chi connectivity index (χ1) is 11.5. The van der Waals surface area contributed by atoms with Gasteiger partial charge in [0.15, 0.2) is 4.77 Å². The summed E-state index contributed by atoms with van der Waals surface area (Å²) in [5.74, 6) is -0.483. The van der Waals surface area contributed by atoms with Crippen molar-refractivity contribution in [1.29, 1.82) is 0 Å². The minimum Gasteiger partial charge on any atom is -0.496 e. The van der Waals surface area contributed by atoms with Crippen molar-refractivity contribution in [2.24, 2.45) is 5.73 Å². The number of carbonyl (C=O) groups excluding carboxylic acids is 1. The second-order valence-corrected chi connectivity index (χ2v) is 5.28. The summed E-state index contributed by atoms with van der Waals surface area (Å²) in [5.41, 5.74) is 5.49. The van der Waals surface area contributed by atoms with Crippen molar-refractivity contribution in [2.45, 2.75) is 6.54 Å². The van der Waals surface area contributed by atoms with Crippen LogP contribution in [0, 0.1) is 10.6 Å². The number of amides is 1. The molecular weight excluding hydrogens is 335 g/mol. The van der Waals surface area contributed by atoms with Crippen molar-refractivity contribution in [3.05, 3.63) is 45.2 Å². The number of carbonyl (C=O) groups is 1. The highest BCUT2D eigenvalue weighted by molar-refractivity contribution is 7.71. The molecule has 0 aliphatic heterocycles. The number of nitrogens with two attached hydrogens (primary N) is 1. The molecular formula is C15H17FN4O3S. The second-order valence-electron chi connectivity index (χ2n) is 4.89. The number of rotatable bonds is 6. The molecule has 0 fully saturated rings. The largest absolute Gasteiger partial charge is 0.496 e. The molecule has 0 atom stereocenters. The van der Waals surface area contributed by atoms with Crippen LogP contribution in [0.5, 0.6) is 5.75 Å². The molecule has 1 heterocycles. The summed E-state index contributed by atoms with van der Waals surface area (Å²) in [7, 11) is 1.43.